The van der Waals surface area contributed by atoms with Gasteiger partial charge in [-0.15, -0.1) is 0 Å². The van der Waals surface area contributed by atoms with E-state index in [1.54, 1.807) is 37.4 Å². The van der Waals surface area contributed by atoms with Crippen molar-refractivity contribution in [1.29, 1.82) is 0 Å². The largest absolute Gasteiger partial charge is 0.493 e. The summed E-state index contributed by atoms with van der Waals surface area (Å²) in [5.74, 6) is -0.341. The summed E-state index contributed by atoms with van der Waals surface area (Å²) < 4.78 is 25.8. The first-order valence-electron chi connectivity index (χ1n) is 10.9. The molecule has 2 amide bonds. The Hall–Kier alpha value is -3.09. The first-order chi connectivity index (χ1) is 15.4. The minimum Gasteiger partial charge on any atom is -0.493 e. The SMILES string of the molecule is COc1cc2c(cc1OC)C(C(=O)N1CCCC(C)C1)C(c1ccccc1F)N(C)C2=O. The van der Waals surface area contributed by atoms with E-state index in [2.05, 4.69) is 6.92 Å². The molecule has 2 aliphatic heterocycles. The van der Waals surface area contributed by atoms with Gasteiger partial charge in [-0.25, -0.2) is 4.39 Å². The molecule has 2 aromatic carbocycles. The number of hydrogen-bond acceptors (Lipinski definition) is 4. The van der Waals surface area contributed by atoms with Crippen LogP contribution in [0.1, 0.15) is 53.2 Å². The molecular weight excluding hydrogens is 411 g/mol. The van der Waals surface area contributed by atoms with E-state index in [4.69, 9.17) is 9.47 Å². The molecule has 0 aromatic heterocycles. The Morgan fingerprint density at radius 1 is 1.09 bits per heavy atom. The van der Waals surface area contributed by atoms with Crippen LogP contribution in [0.2, 0.25) is 0 Å². The maximum Gasteiger partial charge on any atom is 0.254 e. The zero-order chi connectivity index (χ0) is 23.0. The van der Waals surface area contributed by atoms with Crippen LogP contribution in [0.3, 0.4) is 0 Å². The monoisotopic (exact) mass is 440 g/mol. The number of piperidine rings is 1. The second-order valence-corrected chi connectivity index (χ2v) is 8.69. The molecule has 3 unspecified atom stereocenters. The Morgan fingerprint density at radius 3 is 2.44 bits per heavy atom. The highest BCUT2D eigenvalue weighted by atomic mass is 19.1. The molecule has 0 radical (unpaired) electrons. The van der Waals surface area contributed by atoms with E-state index in [0.29, 0.717) is 47.2 Å². The molecule has 0 aliphatic carbocycles. The quantitative estimate of drug-likeness (QED) is 0.721. The molecule has 6 nitrogen and oxygen atoms in total. The van der Waals surface area contributed by atoms with Crippen LogP contribution in [0.25, 0.3) is 0 Å². The molecule has 1 fully saturated rings. The summed E-state index contributed by atoms with van der Waals surface area (Å²) in [4.78, 5) is 30.6. The van der Waals surface area contributed by atoms with E-state index >= 15 is 0 Å². The Morgan fingerprint density at radius 2 is 1.78 bits per heavy atom. The zero-order valence-corrected chi connectivity index (χ0v) is 18.9. The second kappa shape index (κ2) is 8.81. The standard InChI is InChI=1S/C25H29FN2O4/c1-15-8-7-11-28(14-15)25(30)22-17-12-20(31-3)21(32-4)13-18(17)24(29)27(2)23(22)16-9-5-6-10-19(16)26/h5-6,9-10,12-13,15,22-23H,7-8,11,14H2,1-4H3. The lowest BCUT2D eigenvalue weighted by atomic mass is 9.78. The third kappa shape index (κ3) is 3.70. The topological polar surface area (TPSA) is 59.1 Å². The fourth-order valence-corrected chi connectivity index (χ4v) is 5.00. The third-order valence-corrected chi connectivity index (χ3v) is 6.63. The molecule has 0 saturated carbocycles. The molecule has 3 atom stereocenters. The summed E-state index contributed by atoms with van der Waals surface area (Å²) in [5, 5.41) is 0. The number of fused-ring (bicyclic) bond motifs is 1. The van der Waals surface area contributed by atoms with Gasteiger partial charge < -0.3 is 19.3 Å². The van der Waals surface area contributed by atoms with Crippen molar-refractivity contribution in [3.05, 3.63) is 58.9 Å². The summed E-state index contributed by atoms with van der Waals surface area (Å²) in [6, 6.07) is 8.89. The Bertz CT molecular complexity index is 1040. The van der Waals surface area contributed by atoms with E-state index in [0.717, 1.165) is 12.8 Å². The molecule has 0 N–H and O–H groups in total. The summed E-state index contributed by atoms with van der Waals surface area (Å²) in [6.45, 7) is 3.44. The van der Waals surface area contributed by atoms with E-state index in [9.17, 15) is 14.0 Å². The van der Waals surface area contributed by atoms with Crippen LogP contribution in [-0.4, -0.2) is 56.0 Å². The number of carbonyl (C=O) groups excluding carboxylic acids is 2. The third-order valence-electron chi connectivity index (χ3n) is 6.63. The molecule has 32 heavy (non-hydrogen) atoms. The molecular formula is C25H29FN2O4. The average Bonchev–Trinajstić information content (AvgIpc) is 2.80. The number of amides is 2. The van der Waals surface area contributed by atoms with E-state index in [1.165, 1.54) is 25.2 Å². The van der Waals surface area contributed by atoms with Gasteiger partial charge in [0, 0.05) is 31.3 Å². The predicted molar refractivity (Wildman–Crippen MR) is 118 cm³/mol. The maximum absolute atomic E-state index is 14.9. The highest BCUT2D eigenvalue weighted by molar-refractivity contribution is 6.02. The van der Waals surface area contributed by atoms with Crippen molar-refractivity contribution in [3.8, 4) is 11.5 Å². The van der Waals surface area contributed by atoms with Crippen molar-refractivity contribution < 1.29 is 23.5 Å². The van der Waals surface area contributed by atoms with Crippen LogP contribution in [0, 0.1) is 11.7 Å². The zero-order valence-electron chi connectivity index (χ0n) is 18.9. The van der Waals surface area contributed by atoms with Gasteiger partial charge in [0.25, 0.3) is 5.91 Å². The number of likely N-dealkylation sites (N-methyl/N-ethyl adjacent to an activating group) is 1. The number of halogens is 1. The highest BCUT2D eigenvalue weighted by Gasteiger charge is 2.46. The lowest BCUT2D eigenvalue weighted by Crippen LogP contribution is -2.49. The average molecular weight is 441 g/mol. The second-order valence-electron chi connectivity index (χ2n) is 8.69. The number of benzene rings is 2. The fourth-order valence-electron chi connectivity index (χ4n) is 5.00. The van der Waals surface area contributed by atoms with Crippen molar-refractivity contribution in [1.82, 2.24) is 9.80 Å². The molecule has 2 aliphatic rings. The number of nitrogens with zero attached hydrogens (tertiary/aromatic N) is 2. The van der Waals surface area contributed by atoms with E-state index in [1.807, 2.05) is 4.90 Å². The van der Waals surface area contributed by atoms with Gasteiger partial charge in [0.2, 0.25) is 5.91 Å². The first kappa shape index (κ1) is 22.1. The van der Waals surface area contributed by atoms with Gasteiger partial charge in [0.05, 0.1) is 26.2 Å². The summed E-state index contributed by atoms with van der Waals surface area (Å²) in [5.41, 5.74) is 1.25. The Balaban J connectivity index is 1.91. The normalized spacial score (nSPS) is 23.0. The molecule has 2 aromatic rings. The lowest BCUT2D eigenvalue weighted by molar-refractivity contribution is -0.136. The van der Waals surface area contributed by atoms with E-state index < -0.39 is 17.8 Å². The van der Waals surface area contributed by atoms with Crippen LogP contribution in [0.5, 0.6) is 11.5 Å². The number of rotatable bonds is 4. The lowest BCUT2D eigenvalue weighted by Gasteiger charge is -2.43. The Labute approximate surface area is 187 Å². The fraction of sp³-hybridized carbons (Fsp3) is 0.440. The number of carbonyl (C=O) groups is 2. The van der Waals surface area contributed by atoms with Crippen molar-refractivity contribution >= 4 is 11.8 Å². The van der Waals surface area contributed by atoms with Gasteiger partial charge in [0.1, 0.15) is 5.82 Å². The minimum atomic E-state index is -0.765. The van der Waals surface area contributed by atoms with Crippen molar-refractivity contribution in [3.63, 3.8) is 0 Å². The number of ether oxygens (including phenoxy) is 2. The molecule has 2 heterocycles. The summed E-state index contributed by atoms with van der Waals surface area (Å²) in [6.07, 6.45) is 2.00. The molecule has 4 rings (SSSR count). The van der Waals surface area contributed by atoms with Crippen LogP contribution in [-0.2, 0) is 4.79 Å². The highest BCUT2D eigenvalue weighted by Crippen LogP contribution is 2.47. The minimum absolute atomic E-state index is 0.0994. The molecule has 7 heteroatoms. The van der Waals surface area contributed by atoms with Gasteiger partial charge in [-0.1, -0.05) is 25.1 Å². The van der Waals surface area contributed by atoms with Crippen LogP contribution >= 0.6 is 0 Å². The van der Waals surface area contributed by atoms with Crippen molar-refractivity contribution in [2.75, 3.05) is 34.4 Å². The molecule has 0 bridgehead atoms. The van der Waals surface area contributed by atoms with Gasteiger partial charge in [0.15, 0.2) is 11.5 Å². The predicted octanol–water partition coefficient (Wildman–Crippen LogP) is 4.01. The van der Waals surface area contributed by atoms with E-state index in [-0.39, 0.29) is 11.8 Å². The van der Waals surface area contributed by atoms with Crippen molar-refractivity contribution in [2.45, 2.75) is 31.7 Å². The number of likely N-dealkylation sites (tertiary alicyclic amines) is 1. The van der Waals surface area contributed by atoms with Gasteiger partial charge in [-0.05, 0) is 42.5 Å². The van der Waals surface area contributed by atoms with Crippen molar-refractivity contribution in [2.24, 2.45) is 5.92 Å². The Kier molecular flexibility index (Phi) is 6.09. The molecule has 170 valence electrons. The molecule has 1 saturated heterocycles. The number of hydrogen-bond donors (Lipinski definition) is 0. The molecule has 0 spiro atoms. The van der Waals surface area contributed by atoms with Gasteiger partial charge in [-0.2, -0.15) is 0 Å². The van der Waals surface area contributed by atoms with Crippen LogP contribution in [0.4, 0.5) is 4.39 Å². The smallest absolute Gasteiger partial charge is 0.254 e. The first-order valence-corrected chi connectivity index (χ1v) is 10.9. The van der Waals surface area contributed by atoms with Crippen LogP contribution in [0.15, 0.2) is 36.4 Å². The van der Waals surface area contributed by atoms with Crippen LogP contribution < -0.4 is 9.47 Å². The number of methoxy groups -OCH3 is 2. The van der Waals surface area contributed by atoms with Gasteiger partial charge in [-0.3, -0.25) is 9.59 Å². The summed E-state index contributed by atoms with van der Waals surface area (Å²) in [7, 11) is 4.64. The van der Waals surface area contributed by atoms with Gasteiger partial charge >= 0.3 is 0 Å². The maximum atomic E-state index is 14.9. The summed E-state index contributed by atoms with van der Waals surface area (Å²) >= 11 is 0.